The van der Waals surface area contributed by atoms with Gasteiger partial charge in [-0.1, -0.05) is 38.1 Å². The van der Waals surface area contributed by atoms with Crippen molar-refractivity contribution in [2.75, 3.05) is 32.1 Å². The summed E-state index contributed by atoms with van der Waals surface area (Å²) in [5, 5.41) is 2.60. The van der Waals surface area contributed by atoms with Gasteiger partial charge in [0.05, 0.1) is 17.7 Å². The van der Waals surface area contributed by atoms with Crippen molar-refractivity contribution >= 4 is 33.7 Å². The number of esters is 1. The quantitative estimate of drug-likeness (QED) is 0.445. The zero-order valence-electron chi connectivity index (χ0n) is 17.7. The number of methoxy groups -OCH3 is 1. The van der Waals surface area contributed by atoms with Gasteiger partial charge in [-0.15, -0.1) is 0 Å². The molecule has 166 valence electrons. The predicted octanol–water partition coefficient (Wildman–Crippen LogP) is 2.92. The fourth-order valence-electron chi connectivity index (χ4n) is 2.75. The molecule has 2 aromatic carbocycles. The van der Waals surface area contributed by atoms with Gasteiger partial charge < -0.3 is 14.8 Å². The molecule has 0 atom stereocenters. The SMILES string of the molecule is CCN(CC)S(=O)(=O)c1ccc(C=CC(=O)OCC(=O)Nc2ccccc2OC)cc1. The number of nitrogens with one attached hydrogen (secondary N) is 1. The lowest BCUT2D eigenvalue weighted by atomic mass is 10.2. The molecule has 2 rings (SSSR count). The van der Waals surface area contributed by atoms with Crippen molar-refractivity contribution in [3.8, 4) is 5.75 Å². The van der Waals surface area contributed by atoms with Crippen LogP contribution in [-0.2, 0) is 24.3 Å². The van der Waals surface area contributed by atoms with E-state index < -0.39 is 28.5 Å². The van der Waals surface area contributed by atoms with Crippen LogP contribution in [0.1, 0.15) is 19.4 Å². The van der Waals surface area contributed by atoms with Gasteiger partial charge in [-0.3, -0.25) is 4.79 Å². The lowest BCUT2D eigenvalue weighted by Crippen LogP contribution is -2.30. The highest BCUT2D eigenvalue weighted by molar-refractivity contribution is 7.89. The van der Waals surface area contributed by atoms with E-state index in [0.29, 0.717) is 30.1 Å². The second-order valence-electron chi connectivity index (χ2n) is 6.35. The maximum absolute atomic E-state index is 12.5. The third kappa shape index (κ3) is 6.66. The third-order valence-electron chi connectivity index (χ3n) is 4.36. The number of anilines is 1. The minimum absolute atomic E-state index is 0.184. The Balaban J connectivity index is 1.91. The molecule has 31 heavy (non-hydrogen) atoms. The molecule has 0 saturated heterocycles. The van der Waals surface area contributed by atoms with Crippen LogP contribution in [0.25, 0.3) is 6.08 Å². The number of hydrogen-bond acceptors (Lipinski definition) is 6. The number of hydrogen-bond donors (Lipinski definition) is 1. The standard InChI is InChI=1S/C22H26N2O6S/c1-4-24(5-2)31(27,28)18-13-10-17(11-14-18)12-15-22(26)30-16-21(25)23-19-8-6-7-9-20(19)29-3/h6-15H,4-5,16H2,1-3H3,(H,23,25). The van der Waals surface area contributed by atoms with Crippen LogP contribution >= 0.6 is 0 Å². The summed E-state index contributed by atoms with van der Waals surface area (Å²) in [4.78, 5) is 24.0. The summed E-state index contributed by atoms with van der Waals surface area (Å²) in [6.07, 6.45) is 2.65. The topological polar surface area (TPSA) is 102 Å². The number of rotatable bonds is 10. The van der Waals surface area contributed by atoms with E-state index in [9.17, 15) is 18.0 Å². The molecule has 0 aliphatic heterocycles. The molecule has 9 heteroatoms. The monoisotopic (exact) mass is 446 g/mol. The maximum atomic E-state index is 12.5. The van der Waals surface area contributed by atoms with Crippen molar-refractivity contribution in [1.82, 2.24) is 4.31 Å². The van der Waals surface area contributed by atoms with Gasteiger partial charge in [-0.25, -0.2) is 13.2 Å². The van der Waals surface area contributed by atoms with Gasteiger partial charge in [0.25, 0.3) is 5.91 Å². The molecular formula is C22H26N2O6S. The van der Waals surface area contributed by atoms with Crippen LogP contribution in [0.3, 0.4) is 0 Å². The molecule has 0 fully saturated rings. The second kappa shape index (κ2) is 11.3. The summed E-state index contributed by atoms with van der Waals surface area (Å²) in [5.74, 6) is -0.708. The number of ether oxygens (including phenoxy) is 2. The van der Waals surface area contributed by atoms with Crippen LogP contribution in [0, 0.1) is 0 Å². The number of carbonyl (C=O) groups excluding carboxylic acids is 2. The van der Waals surface area contributed by atoms with Crippen LogP contribution in [-0.4, -0.2) is 51.4 Å². The Bertz CT molecular complexity index is 1030. The predicted molar refractivity (Wildman–Crippen MR) is 118 cm³/mol. The molecule has 1 amide bonds. The zero-order chi connectivity index (χ0) is 22.9. The molecule has 0 heterocycles. The van der Waals surface area contributed by atoms with Crippen molar-refractivity contribution in [2.45, 2.75) is 18.7 Å². The summed E-state index contributed by atoms with van der Waals surface area (Å²) in [5.41, 5.74) is 1.09. The van der Waals surface area contributed by atoms with Crippen molar-refractivity contribution in [3.05, 3.63) is 60.2 Å². The molecule has 0 aromatic heterocycles. The average Bonchev–Trinajstić information content (AvgIpc) is 2.77. The first kappa shape index (κ1) is 24.1. The Morgan fingerprint density at radius 2 is 1.68 bits per heavy atom. The van der Waals surface area contributed by atoms with E-state index in [-0.39, 0.29) is 4.90 Å². The minimum Gasteiger partial charge on any atom is -0.495 e. The van der Waals surface area contributed by atoms with E-state index in [2.05, 4.69) is 5.32 Å². The Morgan fingerprint density at radius 1 is 1.03 bits per heavy atom. The number of amides is 1. The Labute approximate surface area is 182 Å². The molecule has 0 aliphatic carbocycles. The van der Waals surface area contributed by atoms with Crippen LogP contribution in [0.4, 0.5) is 5.69 Å². The molecular weight excluding hydrogens is 420 g/mol. The lowest BCUT2D eigenvalue weighted by Gasteiger charge is -2.18. The van der Waals surface area contributed by atoms with E-state index in [4.69, 9.17) is 9.47 Å². The maximum Gasteiger partial charge on any atom is 0.331 e. The first-order valence-corrected chi connectivity index (χ1v) is 11.1. The van der Waals surface area contributed by atoms with Crippen molar-refractivity contribution in [2.24, 2.45) is 0 Å². The highest BCUT2D eigenvalue weighted by Gasteiger charge is 2.20. The molecule has 0 radical (unpaired) electrons. The number of benzene rings is 2. The van der Waals surface area contributed by atoms with Crippen molar-refractivity contribution in [1.29, 1.82) is 0 Å². The average molecular weight is 447 g/mol. The normalized spacial score (nSPS) is 11.5. The minimum atomic E-state index is -3.53. The number of carbonyl (C=O) groups is 2. The van der Waals surface area contributed by atoms with Gasteiger partial charge in [0.15, 0.2) is 6.61 Å². The van der Waals surface area contributed by atoms with Gasteiger partial charge >= 0.3 is 5.97 Å². The molecule has 8 nitrogen and oxygen atoms in total. The summed E-state index contributed by atoms with van der Waals surface area (Å²) < 4.78 is 36.4. The zero-order valence-corrected chi connectivity index (χ0v) is 18.5. The van der Waals surface area contributed by atoms with Gasteiger partial charge in [0.2, 0.25) is 10.0 Å². The van der Waals surface area contributed by atoms with E-state index >= 15 is 0 Å². The molecule has 0 bridgehead atoms. The smallest absolute Gasteiger partial charge is 0.331 e. The first-order chi connectivity index (χ1) is 14.8. The van der Waals surface area contributed by atoms with Gasteiger partial charge in [-0.05, 0) is 35.9 Å². The van der Waals surface area contributed by atoms with E-state index in [0.717, 1.165) is 0 Å². The lowest BCUT2D eigenvalue weighted by molar-refractivity contribution is -0.142. The number of para-hydroxylation sites is 2. The van der Waals surface area contributed by atoms with Crippen molar-refractivity contribution < 1.29 is 27.5 Å². The van der Waals surface area contributed by atoms with Gasteiger partial charge in [-0.2, -0.15) is 4.31 Å². The number of sulfonamides is 1. The van der Waals surface area contributed by atoms with Crippen molar-refractivity contribution in [3.63, 3.8) is 0 Å². The third-order valence-corrected chi connectivity index (χ3v) is 6.43. The molecule has 0 spiro atoms. The fourth-order valence-corrected chi connectivity index (χ4v) is 4.20. The van der Waals surface area contributed by atoms with Gasteiger partial charge in [0, 0.05) is 19.2 Å². The molecule has 0 saturated carbocycles. The van der Waals surface area contributed by atoms with Crippen LogP contribution < -0.4 is 10.1 Å². The summed E-state index contributed by atoms with van der Waals surface area (Å²) in [6.45, 7) is 3.87. The summed E-state index contributed by atoms with van der Waals surface area (Å²) in [7, 11) is -2.05. The first-order valence-electron chi connectivity index (χ1n) is 9.69. The summed E-state index contributed by atoms with van der Waals surface area (Å²) >= 11 is 0. The summed E-state index contributed by atoms with van der Waals surface area (Å²) in [6, 6.07) is 13.0. The Hall–Kier alpha value is -3.17. The molecule has 0 aliphatic rings. The van der Waals surface area contributed by atoms with Crippen LogP contribution in [0.5, 0.6) is 5.75 Å². The highest BCUT2D eigenvalue weighted by Crippen LogP contribution is 2.22. The Kier molecular flexibility index (Phi) is 8.77. The van der Waals surface area contributed by atoms with Gasteiger partial charge in [0.1, 0.15) is 5.75 Å². The second-order valence-corrected chi connectivity index (χ2v) is 8.29. The number of nitrogens with zero attached hydrogens (tertiary/aromatic N) is 1. The largest absolute Gasteiger partial charge is 0.495 e. The Morgan fingerprint density at radius 3 is 2.29 bits per heavy atom. The molecule has 2 aromatic rings. The van der Waals surface area contributed by atoms with E-state index in [1.54, 1.807) is 50.2 Å². The fraction of sp³-hybridized carbons (Fsp3) is 0.273. The van der Waals surface area contributed by atoms with E-state index in [1.807, 2.05) is 0 Å². The molecule has 1 N–H and O–H groups in total. The van der Waals surface area contributed by atoms with E-state index in [1.165, 1.54) is 35.7 Å². The highest BCUT2D eigenvalue weighted by atomic mass is 32.2. The van der Waals surface area contributed by atoms with Crippen LogP contribution in [0.2, 0.25) is 0 Å². The molecule has 0 unspecified atom stereocenters. The van der Waals surface area contributed by atoms with Crippen LogP contribution in [0.15, 0.2) is 59.5 Å².